The van der Waals surface area contributed by atoms with Gasteiger partial charge in [0.15, 0.2) is 0 Å². The highest BCUT2D eigenvalue weighted by Crippen LogP contribution is 2.28. The molecule has 106 valence electrons. The number of hydrogen-bond acceptors (Lipinski definition) is 3. The quantitative estimate of drug-likeness (QED) is 0.880. The first kappa shape index (κ1) is 15.3. The van der Waals surface area contributed by atoms with Crippen LogP contribution in [0.4, 0.5) is 0 Å². The average molecular weight is 356 g/mol. The van der Waals surface area contributed by atoms with Gasteiger partial charge >= 0.3 is 0 Å². The minimum Gasteiger partial charge on any atom is -0.496 e. The molecule has 1 heterocycles. The molecule has 1 atom stereocenters. The normalized spacial score (nSPS) is 12.2. The molecule has 2 rings (SSSR count). The Morgan fingerprint density at radius 1 is 1.40 bits per heavy atom. The van der Waals surface area contributed by atoms with Gasteiger partial charge in [-0.3, -0.25) is 4.98 Å². The van der Waals surface area contributed by atoms with Crippen LogP contribution in [0.25, 0.3) is 0 Å². The van der Waals surface area contributed by atoms with Crippen LogP contribution in [-0.4, -0.2) is 19.1 Å². The van der Waals surface area contributed by atoms with Crippen molar-refractivity contribution in [2.24, 2.45) is 0 Å². The molecule has 0 aliphatic heterocycles. The van der Waals surface area contributed by atoms with Crippen LogP contribution in [0.5, 0.6) is 5.75 Å². The van der Waals surface area contributed by atoms with Crippen molar-refractivity contribution >= 4 is 27.5 Å². The van der Waals surface area contributed by atoms with Gasteiger partial charge in [-0.1, -0.05) is 17.7 Å². The van der Waals surface area contributed by atoms with Crippen molar-refractivity contribution in [2.45, 2.75) is 12.5 Å². The summed E-state index contributed by atoms with van der Waals surface area (Å²) in [7, 11) is 3.57. The summed E-state index contributed by atoms with van der Waals surface area (Å²) < 4.78 is 6.18. The Labute approximate surface area is 132 Å². The Bertz CT molecular complexity index is 592. The third-order valence-electron chi connectivity index (χ3n) is 3.12. The van der Waals surface area contributed by atoms with Gasteiger partial charge < -0.3 is 10.1 Å². The van der Waals surface area contributed by atoms with Gasteiger partial charge in [0.1, 0.15) is 5.75 Å². The van der Waals surface area contributed by atoms with Gasteiger partial charge in [0, 0.05) is 6.20 Å². The average Bonchev–Trinajstić information content (AvgIpc) is 2.46. The maximum Gasteiger partial charge on any atom is 0.133 e. The zero-order valence-electron chi connectivity index (χ0n) is 11.4. The number of benzene rings is 1. The lowest BCUT2D eigenvalue weighted by Crippen LogP contribution is -2.20. The van der Waals surface area contributed by atoms with Gasteiger partial charge in [-0.15, -0.1) is 0 Å². The molecule has 1 unspecified atom stereocenters. The van der Waals surface area contributed by atoms with Gasteiger partial charge in [0.25, 0.3) is 0 Å². The summed E-state index contributed by atoms with van der Waals surface area (Å²) in [6.45, 7) is 0. The van der Waals surface area contributed by atoms with E-state index in [-0.39, 0.29) is 6.04 Å². The third kappa shape index (κ3) is 3.51. The van der Waals surface area contributed by atoms with Crippen molar-refractivity contribution in [1.82, 2.24) is 10.3 Å². The summed E-state index contributed by atoms with van der Waals surface area (Å²) in [4.78, 5) is 4.37. The Morgan fingerprint density at radius 3 is 2.80 bits per heavy atom. The molecule has 0 saturated carbocycles. The van der Waals surface area contributed by atoms with E-state index in [1.54, 1.807) is 13.3 Å². The third-order valence-corrected chi connectivity index (χ3v) is 4.06. The van der Waals surface area contributed by atoms with Gasteiger partial charge in [-0.2, -0.15) is 0 Å². The number of pyridine rings is 1. The molecule has 0 amide bonds. The van der Waals surface area contributed by atoms with E-state index in [4.69, 9.17) is 16.3 Å². The largest absolute Gasteiger partial charge is 0.496 e. The fourth-order valence-corrected chi connectivity index (χ4v) is 2.90. The van der Waals surface area contributed by atoms with Gasteiger partial charge in [-0.05, 0) is 59.2 Å². The first-order chi connectivity index (χ1) is 9.65. The van der Waals surface area contributed by atoms with Crippen molar-refractivity contribution in [2.75, 3.05) is 14.2 Å². The van der Waals surface area contributed by atoms with Crippen LogP contribution in [0, 0.1) is 0 Å². The lowest BCUT2D eigenvalue weighted by Gasteiger charge is -2.17. The fraction of sp³-hybridized carbons (Fsp3) is 0.267. The smallest absolute Gasteiger partial charge is 0.133 e. The summed E-state index contributed by atoms with van der Waals surface area (Å²) in [5, 5.41) is 3.94. The molecule has 2 aromatic rings. The molecule has 1 N–H and O–H groups in total. The lowest BCUT2D eigenvalue weighted by molar-refractivity contribution is 0.412. The molecule has 1 aromatic heterocycles. The van der Waals surface area contributed by atoms with E-state index >= 15 is 0 Å². The van der Waals surface area contributed by atoms with Crippen LogP contribution in [-0.2, 0) is 6.42 Å². The second-order valence-electron chi connectivity index (χ2n) is 4.38. The van der Waals surface area contributed by atoms with Crippen LogP contribution in [0.3, 0.4) is 0 Å². The first-order valence-corrected chi connectivity index (χ1v) is 7.43. The Kier molecular flexibility index (Phi) is 5.40. The van der Waals surface area contributed by atoms with Crippen LogP contribution in [0.15, 0.2) is 41.0 Å². The summed E-state index contributed by atoms with van der Waals surface area (Å²) >= 11 is 9.71. The van der Waals surface area contributed by atoms with E-state index in [1.165, 1.54) is 5.56 Å². The first-order valence-electron chi connectivity index (χ1n) is 6.25. The number of aromatic nitrogens is 1. The number of nitrogens with one attached hydrogen (secondary N) is 1. The summed E-state index contributed by atoms with van der Waals surface area (Å²) in [5.74, 6) is 0.825. The topological polar surface area (TPSA) is 34.1 Å². The molecule has 1 aromatic carbocycles. The molecule has 0 saturated heterocycles. The molecule has 0 fully saturated rings. The van der Waals surface area contributed by atoms with Crippen LogP contribution < -0.4 is 10.1 Å². The van der Waals surface area contributed by atoms with Crippen LogP contribution in [0.1, 0.15) is 17.3 Å². The van der Waals surface area contributed by atoms with E-state index in [0.29, 0.717) is 5.02 Å². The maximum atomic E-state index is 6.21. The molecule has 0 radical (unpaired) electrons. The van der Waals surface area contributed by atoms with Crippen molar-refractivity contribution in [1.29, 1.82) is 0 Å². The molecule has 20 heavy (non-hydrogen) atoms. The van der Waals surface area contributed by atoms with E-state index in [1.807, 2.05) is 31.3 Å². The zero-order valence-corrected chi connectivity index (χ0v) is 13.7. The number of rotatable bonds is 5. The molecule has 5 heteroatoms. The fourth-order valence-electron chi connectivity index (χ4n) is 2.06. The second kappa shape index (κ2) is 7.07. The standard InChI is InChI=1S/C15H16BrClN2O/c1-18-13(15-12(17)4-3-7-19-15)9-10-5-6-14(20-2)11(16)8-10/h3-8,13,18H,9H2,1-2H3. The van der Waals surface area contributed by atoms with Crippen molar-refractivity contribution in [3.8, 4) is 5.75 Å². The van der Waals surface area contributed by atoms with E-state index < -0.39 is 0 Å². The molecule has 0 aliphatic carbocycles. The summed E-state index contributed by atoms with van der Waals surface area (Å²) in [5.41, 5.74) is 2.04. The predicted molar refractivity (Wildman–Crippen MR) is 85.4 cm³/mol. The van der Waals surface area contributed by atoms with Crippen molar-refractivity contribution < 1.29 is 4.74 Å². The minimum atomic E-state index is 0.0731. The summed E-state index contributed by atoms with van der Waals surface area (Å²) in [6.07, 6.45) is 2.56. The second-order valence-corrected chi connectivity index (χ2v) is 5.65. The zero-order chi connectivity index (χ0) is 14.5. The van der Waals surface area contributed by atoms with Crippen LogP contribution >= 0.6 is 27.5 Å². The molecular weight excluding hydrogens is 340 g/mol. The highest BCUT2D eigenvalue weighted by molar-refractivity contribution is 9.10. The Balaban J connectivity index is 2.23. The molecule has 0 aliphatic rings. The summed E-state index contributed by atoms with van der Waals surface area (Å²) in [6, 6.07) is 9.82. The highest BCUT2D eigenvalue weighted by Gasteiger charge is 2.15. The minimum absolute atomic E-state index is 0.0731. The van der Waals surface area contributed by atoms with Gasteiger partial charge in [-0.25, -0.2) is 0 Å². The van der Waals surface area contributed by atoms with Gasteiger partial charge in [0.05, 0.1) is 28.3 Å². The number of hydrogen-bond donors (Lipinski definition) is 1. The van der Waals surface area contributed by atoms with Crippen molar-refractivity contribution in [3.05, 3.63) is 57.3 Å². The van der Waals surface area contributed by atoms with Crippen molar-refractivity contribution in [3.63, 3.8) is 0 Å². The number of halogens is 2. The monoisotopic (exact) mass is 354 g/mol. The molecular formula is C15H16BrClN2O. The SMILES string of the molecule is CNC(Cc1ccc(OC)c(Br)c1)c1ncccc1Cl. The molecule has 3 nitrogen and oxygen atoms in total. The Morgan fingerprint density at radius 2 is 2.20 bits per heavy atom. The highest BCUT2D eigenvalue weighted by atomic mass is 79.9. The molecule has 0 bridgehead atoms. The number of nitrogens with zero attached hydrogens (tertiary/aromatic N) is 1. The number of likely N-dealkylation sites (N-methyl/N-ethyl adjacent to an activating group) is 1. The number of ether oxygens (including phenoxy) is 1. The van der Waals surface area contributed by atoms with Gasteiger partial charge in [0.2, 0.25) is 0 Å². The van der Waals surface area contributed by atoms with Crippen LogP contribution in [0.2, 0.25) is 5.02 Å². The predicted octanol–water partition coefficient (Wildman–Crippen LogP) is 4.01. The van der Waals surface area contributed by atoms with E-state index in [0.717, 1.165) is 22.3 Å². The lowest BCUT2D eigenvalue weighted by atomic mass is 10.0. The maximum absolute atomic E-state index is 6.21. The molecule has 0 spiro atoms. The number of methoxy groups -OCH3 is 1. The van der Waals surface area contributed by atoms with E-state index in [2.05, 4.69) is 32.3 Å². The van der Waals surface area contributed by atoms with E-state index in [9.17, 15) is 0 Å². The Hall–Kier alpha value is -1.10.